The molecule has 1 heterocycles. The number of methoxy groups -OCH3 is 1. The van der Waals surface area contributed by atoms with Crippen LogP contribution in [0, 0.1) is 0 Å². The van der Waals surface area contributed by atoms with Crippen molar-refractivity contribution in [2.75, 3.05) is 33.9 Å². The summed E-state index contributed by atoms with van der Waals surface area (Å²) in [4.78, 5) is 26.0. The van der Waals surface area contributed by atoms with Gasteiger partial charge in [0.25, 0.3) is 0 Å². The zero-order valence-corrected chi connectivity index (χ0v) is 10.4. The molecule has 0 saturated carbocycles. The van der Waals surface area contributed by atoms with Crippen LogP contribution in [0.4, 0.5) is 4.79 Å². The highest BCUT2D eigenvalue weighted by molar-refractivity contribution is 5.76. The second kappa shape index (κ2) is 6.44. The van der Waals surface area contributed by atoms with Crippen LogP contribution >= 0.6 is 0 Å². The van der Waals surface area contributed by atoms with Crippen LogP contribution in [-0.2, 0) is 9.53 Å². The van der Waals surface area contributed by atoms with Crippen molar-refractivity contribution in [3.8, 4) is 0 Å². The van der Waals surface area contributed by atoms with Crippen molar-refractivity contribution in [1.29, 1.82) is 0 Å². The molecule has 1 aliphatic heterocycles. The van der Waals surface area contributed by atoms with E-state index >= 15 is 0 Å². The number of ether oxygens (including phenoxy) is 1. The molecule has 0 aromatic rings. The van der Waals surface area contributed by atoms with Crippen LogP contribution in [0.1, 0.15) is 19.3 Å². The summed E-state index contributed by atoms with van der Waals surface area (Å²) < 4.78 is 4.91. The number of carbonyl (C=O) groups excluding carboxylic acids is 1. The van der Waals surface area contributed by atoms with Gasteiger partial charge in [0.1, 0.15) is 0 Å². The summed E-state index contributed by atoms with van der Waals surface area (Å²) in [6.07, 6.45) is 1.68. The lowest BCUT2D eigenvalue weighted by Crippen LogP contribution is -2.45. The highest BCUT2D eigenvalue weighted by Gasteiger charge is 2.31. The highest BCUT2D eigenvalue weighted by Crippen LogP contribution is 2.21. The van der Waals surface area contributed by atoms with E-state index in [1.165, 1.54) is 0 Å². The predicted octanol–water partition coefficient (Wildman–Crippen LogP) is 0.624. The number of hydrogen-bond acceptors (Lipinski definition) is 3. The van der Waals surface area contributed by atoms with Gasteiger partial charge in [0, 0.05) is 33.3 Å². The lowest BCUT2D eigenvalue weighted by molar-refractivity contribution is -0.138. The molecule has 17 heavy (non-hydrogen) atoms. The molecule has 1 unspecified atom stereocenters. The molecule has 1 rings (SSSR count). The summed E-state index contributed by atoms with van der Waals surface area (Å²) in [6.45, 7) is 1.65. The maximum Gasteiger partial charge on any atom is 0.320 e. The zero-order valence-electron chi connectivity index (χ0n) is 10.4. The largest absolute Gasteiger partial charge is 0.481 e. The van der Waals surface area contributed by atoms with Crippen molar-refractivity contribution < 1.29 is 19.4 Å². The average Bonchev–Trinajstić information content (AvgIpc) is 2.71. The van der Waals surface area contributed by atoms with E-state index in [-0.39, 0.29) is 18.5 Å². The maximum atomic E-state index is 12.0. The standard InChI is InChI=1S/C11H20N2O4/c1-12(6-7-17-2)11(16)13-5-3-4-9(13)8-10(14)15/h9H,3-8H2,1-2H3,(H,14,15). The van der Waals surface area contributed by atoms with Gasteiger partial charge in [-0.2, -0.15) is 0 Å². The molecule has 2 amide bonds. The number of likely N-dealkylation sites (N-methyl/N-ethyl adjacent to an activating group) is 1. The number of rotatable bonds is 5. The van der Waals surface area contributed by atoms with Crippen LogP contribution in [0.5, 0.6) is 0 Å². The number of hydrogen-bond donors (Lipinski definition) is 1. The van der Waals surface area contributed by atoms with Crippen molar-refractivity contribution >= 4 is 12.0 Å². The van der Waals surface area contributed by atoms with E-state index in [1.54, 1.807) is 24.0 Å². The smallest absolute Gasteiger partial charge is 0.320 e. The monoisotopic (exact) mass is 244 g/mol. The fourth-order valence-corrected chi connectivity index (χ4v) is 2.04. The molecule has 0 spiro atoms. The Labute approximate surface area is 101 Å². The molecule has 1 saturated heterocycles. The molecule has 1 fully saturated rings. The van der Waals surface area contributed by atoms with Crippen molar-refractivity contribution in [3.05, 3.63) is 0 Å². The molecule has 0 radical (unpaired) electrons. The van der Waals surface area contributed by atoms with Gasteiger partial charge in [-0.3, -0.25) is 4.79 Å². The minimum Gasteiger partial charge on any atom is -0.481 e. The second-order valence-corrected chi connectivity index (χ2v) is 4.28. The van der Waals surface area contributed by atoms with E-state index in [1.807, 2.05) is 0 Å². The number of carbonyl (C=O) groups is 2. The number of likely N-dealkylation sites (tertiary alicyclic amines) is 1. The number of urea groups is 1. The van der Waals surface area contributed by atoms with Crippen molar-refractivity contribution in [1.82, 2.24) is 9.80 Å². The summed E-state index contributed by atoms with van der Waals surface area (Å²) in [5.74, 6) is -0.853. The number of nitrogens with zero attached hydrogens (tertiary/aromatic N) is 2. The van der Waals surface area contributed by atoms with E-state index < -0.39 is 5.97 Å². The van der Waals surface area contributed by atoms with Gasteiger partial charge < -0.3 is 19.6 Å². The van der Waals surface area contributed by atoms with E-state index in [0.29, 0.717) is 19.7 Å². The molecule has 6 nitrogen and oxygen atoms in total. The summed E-state index contributed by atoms with van der Waals surface area (Å²) in [6, 6.07) is -0.268. The Kier molecular flexibility index (Phi) is 5.21. The van der Waals surface area contributed by atoms with E-state index in [0.717, 1.165) is 12.8 Å². The van der Waals surface area contributed by atoms with Gasteiger partial charge in [-0.05, 0) is 12.8 Å². The summed E-state index contributed by atoms with van der Waals surface area (Å²) in [5.41, 5.74) is 0. The molecule has 1 atom stereocenters. The van der Waals surface area contributed by atoms with E-state index in [4.69, 9.17) is 9.84 Å². The van der Waals surface area contributed by atoms with E-state index in [2.05, 4.69) is 0 Å². The minimum atomic E-state index is -0.853. The maximum absolute atomic E-state index is 12.0. The molecule has 0 aromatic heterocycles. The third-order valence-electron chi connectivity index (χ3n) is 2.99. The average molecular weight is 244 g/mol. The Hall–Kier alpha value is -1.30. The number of carboxylic acid groups (broad SMARTS) is 1. The first-order valence-electron chi connectivity index (χ1n) is 5.78. The SMILES string of the molecule is COCCN(C)C(=O)N1CCCC1CC(=O)O. The van der Waals surface area contributed by atoms with Crippen LogP contribution in [0.2, 0.25) is 0 Å². The first kappa shape index (κ1) is 13.8. The number of aliphatic carboxylic acids is 1. The predicted molar refractivity (Wildman–Crippen MR) is 61.9 cm³/mol. The van der Waals surface area contributed by atoms with Gasteiger partial charge in [0.2, 0.25) is 0 Å². The van der Waals surface area contributed by atoms with Gasteiger partial charge >= 0.3 is 12.0 Å². The Balaban J connectivity index is 2.51. The van der Waals surface area contributed by atoms with Gasteiger partial charge in [-0.1, -0.05) is 0 Å². The van der Waals surface area contributed by atoms with Gasteiger partial charge in [-0.15, -0.1) is 0 Å². The zero-order chi connectivity index (χ0) is 12.8. The number of carboxylic acids is 1. The normalized spacial score (nSPS) is 19.4. The van der Waals surface area contributed by atoms with Crippen molar-refractivity contribution in [2.24, 2.45) is 0 Å². The summed E-state index contributed by atoms with van der Waals surface area (Å²) in [7, 11) is 3.29. The molecular formula is C11H20N2O4. The fraction of sp³-hybridized carbons (Fsp3) is 0.818. The molecule has 0 aliphatic carbocycles. The summed E-state index contributed by atoms with van der Waals surface area (Å²) in [5, 5.41) is 8.78. The van der Waals surface area contributed by atoms with Crippen LogP contribution in [0.3, 0.4) is 0 Å². The van der Waals surface area contributed by atoms with Crippen LogP contribution in [-0.4, -0.2) is 66.8 Å². The van der Waals surface area contributed by atoms with Gasteiger partial charge in [-0.25, -0.2) is 4.79 Å². The Morgan fingerprint density at radius 3 is 2.82 bits per heavy atom. The van der Waals surface area contributed by atoms with Gasteiger partial charge in [0.05, 0.1) is 13.0 Å². The lowest BCUT2D eigenvalue weighted by atomic mass is 10.1. The third kappa shape index (κ3) is 3.89. The molecule has 1 N–H and O–H groups in total. The molecular weight excluding hydrogens is 224 g/mol. The minimum absolute atomic E-state index is 0.0316. The second-order valence-electron chi connectivity index (χ2n) is 4.28. The molecule has 1 aliphatic rings. The topological polar surface area (TPSA) is 70.1 Å². The van der Waals surface area contributed by atoms with E-state index in [9.17, 15) is 9.59 Å². The molecule has 0 bridgehead atoms. The lowest BCUT2D eigenvalue weighted by Gasteiger charge is -2.28. The van der Waals surface area contributed by atoms with Crippen LogP contribution in [0.25, 0.3) is 0 Å². The van der Waals surface area contributed by atoms with Crippen LogP contribution < -0.4 is 0 Å². The third-order valence-corrected chi connectivity index (χ3v) is 2.99. The first-order chi connectivity index (χ1) is 8.06. The first-order valence-corrected chi connectivity index (χ1v) is 5.78. The van der Waals surface area contributed by atoms with Gasteiger partial charge in [0.15, 0.2) is 0 Å². The number of amides is 2. The van der Waals surface area contributed by atoms with Crippen LogP contribution in [0.15, 0.2) is 0 Å². The Bertz CT molecular complexity index is 283. The summed E-state index contributed by atoms with van der Waals surface area (Å²) >= 11 is 0. The molecule has 98 valence electrons. The molecule has 0 aromatic carbocycles. The molecule has 6 heteroatoms. The van der Waals surface area contributed by atoms with Crippen molar-refractivity contribution in [3.63, 3.8) is 0 Å². The fourth-order valence-electron chi connectivity index (χ4n) is 2.04. The van der Waals surface area contributed by atoms with Crippen molar-refractivity contribution in [2.45, 2.75) is 25.3 Å². The highest BCUT2D eigenvalue weighted by atomic mass is 16.5. The quantitative estimate of drug-likeness (QED) is 0.769. The Morgan fingerprint density at radius 1 is 1.53 bits per heavy atom. The Morgan fingerprint density at radius 2 is 2.24 bits per heavy atom.